The largest absolute Gasteiger partial charge is 0.383 e. The lowest BCUT2D eigenvalue weighted by atomic mass is 10.2. The van der Waals surface area contributed by atoms with Crippen LogP contribution in [0.3, 0.4) is 0 Å². The third-order valence-electron chi connectivity index (χ3n) is 2.95. The highest BCUT2D eigenvalue weighted by Gasteiger charge is 2.23. The van der Waals surface area contributed by atoms with E-state index in [1.165, 1.54) is 12.3 Å². The van der Waals surface area contributed by atoms with Crippen molar-refractivity contribution in [1.82, 2.24) is 9.71 Å². The maximum Gasteiger partial charge on any atom is 0.244 e. The number of nitrogens with one attached hydrogen (secondary N) is 1. The number of aryl methyl sites for hydroxylation is 1. The number of hydrogen-bond acceptors (Lipinski definition) is 4. The maximum absolute atomic E-state index is 13.5. The summed E-state index contributed by atoms with van der Waals surface area (Å²) in [5.74, 6) is -6.94. The van der Waals surface area contributed by atoms with E-state index in [9.17, 15) is 26.0 Å². The summed E-state index contributed by atoms with van der Waals surface area (Å²) in [5.41, 5.74) is 4.86. The second-order valence-electron chi connectivity index (χ2n) is 4.67. The first-order valence-corrected chi connectivity index (χ1v) is 7.65. The molecule has 0 bridgehead atoms. The molecule has 0 aliphatic rings. The average molecular weight is 349 g/mol. The first-order chi connectivity index (χ1) is 10.6. The number of aromatic nitrogens is 1. The van der Waals surface area contributed by atoms with Crippen LogP contribution in [-0.4, -0.2) is 13.4 Å². The first-order valence-electron chi connectivity index (χ1n) is 6.17. The normalized spacial score (nSPS) is 11.7. The van der Waals surface area contributed by atoms with Gasteiger partial charge in [-0.05, 0) is 18.6 Å². The molecule has 3 N–H and O–H groups in total. The van der Waals surface area contributed by atoms with Gasteiger partial charge in [-0.3, -0.25) is 0 Å². The lowest BCUT2D eigenvalue weighted by molar-refractivity contribution is 0.437. The van der Waals surface area contributed by atoms with Crippen molar-refractivity contribution in [2.24, 2.45) is 0 Å². The summed E-state index contributed by atoms with van der Waals surface area (Å²) in [5, 5.41) is 0. The van der Waals surface area contributed by atoms with Gasteiger partial charge in [-0.15, -0.1) is 0 Å². The Morgan fingerprint density at radius 1 is 1.13 bits per heavy atom. The van der Waals surface area contributed by atoms with Gasteiger partial charge in [-0.1, -0.05) is 0 Å². The summed E-state index contributed by atoms with van der Waals surface area (Å²) in [6.45, 7) is 0.564. The van der Waals surface area contributed by atoms with Crippen LogP contribution in [0.4, 0.5) is 23.4 Å². The number of halogens is 4. The van der Waals surface area contributed by atoms with Gasteiger partial charge in [0.2, 0.25) is 10.0 Å². The van der Waals surface area contributed by atoms with Crippen LogP contribution in [0.5, 0.6) is 0 Å². The van der Waals surface area contributed by atoms with Gasteiger partial charge in [0.15, 0.2) is 23.3 Å². The fourth-order valence-corrected chi connectivity index (χ4v) is 2.95. The smallest absolute Gasteiger partial charge is 0.244 e. The number of nitrogen functional groups attached to an aromatic ring is 1. The van der Waals surface area contributed by atoms with Gasteiger partial charge in [0.1, 0.15) is 10.7 Å². The number of sulfonamides is 1. The molecule has 0 fully saturated rings. The Morgan fingerprint density at radius 2 is 1.70 bits per heavy atom. The Morgan fingerprint density at radius 3 is 2.26 bits per heavy atom. The lowest BCUT2D eigenvalue weighted by Gasteiger charge is -2.11. The molecule has 0 aliphatic heterocycles. The monoisotopic (exact) mass is 349 g/mol. The first kappa shape index (κ1) is 17.2. The molecule has 0 amide bonds. The average Bonchev–Trinajstić information content (AvgIpc) is 2.47. The molecule has 0 aliphatic carbocycles. The lowest BCUT2D eigenvalue weighted by Crippen LogP contribution is -2.26. The minimum Gasteiger partial charge on any atom is -0.383 e. The predicted octanol–water partition coefficient (Wildman–Crippen LogP) is 2.01. The van der Waals surface area contributed by atoms with E-state index >= 15 is 0 Å². The van der Waals surface area contributed by atoms with E-state index in [2.05, 4.69) is 4.98 Å². The number of rotatable bonds is 4. The molecule has 1 heterocycles. The molecular weight excluding hydrogens is 338 g/mol. The molecule has 0 atom stereocenters. The molecule has 1 aromatic carbocycles. The highest BCUT2D eigenvalue weighted by molar-refractivity contribution is 7.89. The molecular formula is C13H11F4N3O2S. The summed E-state index contributed by atoms with van der Waals surface area (Å²) in [6, 6.07) is 1.23. The summed E-state index contributed by atoms with van der Waals surface area (Å²) in [6.07, 6.45) is 1.33. The van der Waals surface area contributed by atoms with Crippen molar-refractivity contribution < 1.29 is 26.0 Å². The van der Waals surface area contributed by atoms with Gasteiger partial charge < -0.3 is 5.73 Å². The van der Waals surface area contributed by atoms with Gasteiger partial charge in [0.25, 0.3) is 0 Å². The number of nitrogens with zero attached hydrogens (tertiary/aromatic N) is 1. The second kappa shape index (κ2) is 6.13. The summed E-state index contributed by atoms with van der Waals surface area (Å²) in [4.78, 5) is 3.25. The van der Waals surface area contributed by atoms with Crippen molar-refractivity contribution in [2.75, 3.05) is 5.73 Å². The molecule has 2 aromatic rings. The molecule has 23 heavy (non-hydrogen) atoms. The topological polar surface area (TPSA) is 85.1 Å². The molecule has 5 nitrogen and oxygen atoms in total. The highest BCUT2D eigenvalue weighted by Crippen LogP contribution is 2.21. The fourth-order valence-electron chi connectivity index (χ4n) is 1.79. The quantitative estimate of drug-likeness (QED) is 0.653. The van der Waals surface area contributed by atoms with E-state index in [0.717, 1.165) is 0 Å². The zero-order chi connectivity index (χ0) is 17.4. The van der Waals surface area contributed by atoms with Crippen LogP contribution in [0.15, 0.2) is 23.2 Å². The molecule has 0 unspecified atom stereocenters. The molecule has 0 radical (unpaired) electrons. The molecule has 0 spiro atoms. The van der Waals surface area contributed by atoms with Gasteiger partial charge in [-0.2, -0.15) is 0 Å². The Hall–Kier alpha value is -2.20. The van der Waals surface area contributed by atoms with Gasteiger partial charge in [0, 0.05) is 24.4 Å². The minimum absolute atomic E-state index is 0.0329. The van der Waals surface area contributed by atoms with E-state index in [4.69, 9.17) is 5.73 Å². The minimum atomic E-state index is -4.29. The Kier molecular flexibility index (Phi) is 4.57. The zero-order valence-corrected chi connectivity index (χ0v) is 12.5. The van der Waals surface area contributed by atoms with Crippen molar-refractivity contribution in [3.8, 4) is 0 Å². The second-order valence-corrected chi connectivity index (χ2v) is 6.40. The van der Waals surface area contributed by atoms with Crippen molar-refractivity contribution >= 4 is 15.8 Å². The third kappa shape index (κ3) is 3.42. The van der Waals surface area contributed by atoms with Gasteiger partial charge in [-0.25, -0.2) is 35.7 Å². The number of hydrogen-bond donors (Lipinski definition) is 2. The van der Waals surface area contributed by atoms with E-state index < -0.39 is 50.3 Å². The van der Waals surface area contributed by atoms with Crippen LogP contribution < -0.4 is 10.5 Å². The predicted molar refractivity (Wildman–Crippen MR) is 73.7 cm³/mol. The number of benzene rings is 1. The third-order valence-corrected chi connectivity index (χ3v) is 4.38. The molecule has 124 valence electrons. The summed E-state index contributed by atoms with van der Waals surface area (Å²) in [7, 11) is -4.29. The Labute approximate surface area is 129 Å². The van der Waals surface area contributed by atoms with E-state index in [1.54, 1.807) is 6.92 Å². The van der Waals surface area contributed by atoms with E-state index in [1.807, 2.05) is 4.72 Å². The Bertz CT molecular complexity index is 846. The summed E-state index contributed by atoms with van der Waals surface area (Å²) >= 11 is 0. The van der Waals surface area contributed by atoms with Crippen molar-refractivity contribution in [3.63, 3.8) is 0 Å². The molecule has 1 aromatic heterocycles. The van der Waals surface area contributed by atoms with Crippen LogP contribution in [0, 0.1) is 30.2 Å². The van der Waals surface area contributed by atoms with Crippen LogP contribution in [0.25, 0.3) is 0 Å². The van der Waals surface area contributed by atoms with Gasteiger partial charge in [0.05, 0.1) is 0 Å². The molecule has 0 saturated heterocycles. The summed E-state index contributed by atoms with van der Waals surface area (Å²) < 4.78 is 79.3. The van der Waals surface area contributed by atoms with Crippen molar-refractivity contribution in [1.29, 1.82) is 0 Å². The molecule has 10 heteroatoms. The molecule has 0 saturated carbocycles. The zero-order valence-electron chi connectivity index (χ0n) is 11.7. The van der Waals surface area contributed by atoms with Crippen LogP contribution in [-0.2, 0) is 16.6 Å². The standard InChI is InChI=1S/C13H11F4N3O2S/c1-6-2-10(13(18)19-4-6)23(21,22)20-5-7-11(16)8(14)3-9(15)12(7)17/h2-4,20H,5H2,1H3,(H2,18,19). The van der Waals surface area contributed by atoms with Crippen molar-refractivity contribution in [2.45, 2.75) is 18.4 Å². The Balaban J connectivity index is 2.36. The highest BCUT2D eigenvalue weighted by atomic mass is 32.2. The van der Waals surface area contributed by atoms with Crippen molar-refractivity contribution in [3.05, 3.63) is 52.7 Å². The van der Waals surface area contributed by atoms with Crippen LogP contribution >= 0.6 is 0 Å². The van der Waals surface area contributed by atoms with Gasteiger partial charge >= 0.3 is 0 Å². The van der Waals surface area contributed by atoms with Crippen LogP contribution in [0.1, 0.15) is 11.1 Å². The fraction of sp³-hybridized carbons (Fsp3) is 0.154. The SMILES string of the molecule is Cc1cnc(N)c(S(=O)(=O)NCc2c(F)c(F)cc(F)c2F)c1. The number of anilines is 1. The van der Waals surface area contributed by atoms with E-state index in [0.29, 0.717) is 5.56 Å². The number of nitrogens with two attached hydrogens (primary N) is 1. The maximum atomic E-state index is 13.5. The number of pyridine rings is 1. The van der Waals surface area contributed by atoms with Crippen LogP contribution in [0.2, 0.25) is 0 Å². The van der Waals surface area contributed by atoms with E-state index in [-0.39, 0.29) is 11.9 Å². The molecule has 2 rings (SSSR count).